The minimum Gasteiger partial charge on any atom is -0.379 e. The van der Waals surface area contributed by atoms with E-state index in [1.165, 1.54) is 0 Å². The zero-order valence-electron chi connectivity index (χ0n) is 20.0. The van der Waals surface area contributed by atoms with E-state index >= 15 is 0 Å². The van der Waals surface area contributed by atoms with Gasteiger partial charge >= 0.3 is 0 Å². The molecule has 0 aromatic rings. The lowest BCUT2D eigenvalue weighted by molar-refractivity contribution is -0.199. The quantitative estimate of drug-likeness (QED) is 0.152. The SMILES string of the molecule is [CH2]COCCOCCOCCOCCOCCOCCOC(COC(C)C)OC(C)C. The van der Waals surface area contributed by atoms with Crippen molar-refractivity contribution < 1.29 is 42.6 Å². The van der Waals surface area contributed by atoms with Crippen LogP contribution in [0.1, 0.15) is 27.7 Å². The Morgan fingerprint density at radius 1 is 0.484 bits per heavy atom. The van der Waals surface area contributed by atoms with E-state index in [1.807, 2.05) is 27.7 Å². The van der Waals surface area contributed by atoms with Crippen molar-refractivity contribution in [2.75, 3.05) is 92.5 Å². The van der Waals surface area contributed by atoms with Gasteiger partial charge in [-0.2, -0.15) is 0 Å². The Morgan fingerprint density at radius 3 is 1.23 bits per heavy atom. The van der Waals surface area contributed by atoms with Crippen molar-refractivity contribution >= 4 is 0 Å². The lowest BCUT2D eigenvalue weighted by atomic mass is 10.4. The molecule has 0 amide bonds. The fourth-order valence-corrected chi connectivity index (χ4v) is 2.14. The highest BCUT2D eigenvalue weighted by molar-refractivity contribution is 4.49. The first-order valence-corrected chi connectivity index (χ1v) is 11.2. The molecule has 0 spiro atoms. The average molecular weight is 454 g/mol. The molecule has 0 N–H and O–H groups in total. The zero-order chi connectivity index (χ0) is 23.0. The van der Waals surface area contributed by atoms with Gasteiger partial charge in [0.1, 0.15) is 0 Å². The summed E-state index contributed by atoms with van der Waals surface area (Å²) in [6, 6.07) is 0. The van der Waals surface area contributed by atoms with Crippen LogP contribution in [0.15, 0.2) is 0 Å². The summed E-state index contributed by atoms with van der Waals surface area (Å²) in [6.45, 7) is 18.6. The molecule has 0 heterocycles. The molecule has 9 nitrogen and oxygen atoms in total. The van der Waals surface area contributed by atoms with Crippen LogP contribution in [0, 0.1) is 6.92 Å². The normalized spacial score (nSPS) is 12.9. The van der Waals surface area contributed by atoms with Gasteiger partial charge in [0.15, 0.2) is 6.29 Å². The van der Waals surface area contributed by atoms with Crippen molar-refractivity contribution in [3.8, 4) is 0 Å². The van der Waals surface area contributed by atoms with Crippen LogP contribution >= 0.6 is 0 Å². The molecule has 0 aliphatic rings. The predicted molar refractivity (Wildman–Crippen MR) is 117 cm³/mol. The highest BCUT2D eigenvalue weighted by Gasteiger charge is 2.12. The highest BCUT2D eigenvalue weighted by atomic mass is 16.7. The van der Waals surface area contributed by atoms with Gasteiger partial charge in [0.2, 0.25) is 0 Å². The molecule has 9 heteroatoms. The molecule has 1 radical (unpaired) electrons. The molecule has 187 valence electrons. The number of hydrogen-bond acceptors (Lipinski definition) is 9. The van der Waals surface area contributed by atoms with Gasteiger partial charge in [-0.05, 0) is 34.6 Å². The maximum atomic E-state index is 5.67. The van der Waals surface area contributed by atoms with Crippen LogP contribution in [0.2, 0.25) is 0 Å². The topological polar surface area (TPSA) is 83.1 Å². The molecule has 1 atom stereocenters. The van der Waals surface area contributed by atoms with Crippen LogP contribution in [0.25, 0.3) is 0 Å². The number of hydrogen-bond donors (Lipinski definition) is 0. The summed E-state index contributed by atoms with van der Waals surface area (Å²) in [5, 5.41) is 0. The second-order valence-electron chi connectivity index (χ2n) is 7.04. The highest BCUT2D eigenvalue weighted by Crippen LogP contribution is 2.03. The molecule has 0 bridgehead atoms. The van der Waals surface area contributed by atoms with Crippen molar-refractivity contribution in [3.63, 3.8) is 0 Å². The maximum absolute atomic E-state index is 5.67. The first-order valence-electron chi connectivity index (χ1n) is 11.2. The largest absolute Gasteiger partial charge is 0.379 e. The van der Waals surface area contributed by atoms with Crippen molar-refractivity contribution in [3.05, 3.63) is 6.92 Å². The Balaban J connectivity index is 3.29. The zero-order valence-corrected chi connectivity index (χ0v) is 20.0. The summed E-state index contributed by atoms with van der Waals surface area (Å²) in [6.07, 6.45) is -0.165. The third kappa shape index (κ3) is 25.8. The van der Waals surface area contributed by atoms with Gasteiger partial charge in [0.25, 0.3) is 0 Å². The average Bonchev–Trinajstić information content (AvgIpc) is 2.73. The second kappa shape index (κ2) is 24.3. The fraction of sp³-hybridized carbons (Fsp3) is 0.955. The Hall–Kier alpha value is -0.360. The van der Waals surface area contributed by atoms with Crippen LogP contribution in [0.3, 0.4) is 0 Å². The van der Waals surface area contributed by atoms with Gasteiger partial charge in [0, 0.05) is 6.61 Å². The Bertz CT molecular complexity index is 343. The smallest absolute Gasteiger partial charge is 0.181 e. The van der Waals surface area contributed by atoms with Gasteiger partial charge in [-0.1, -0.05) is 0 Å². The molecule has 0 saturated carbocycles. The molecule has 0 fully saturated rings. The standard InChI is InChI=1S/C22H45O9/c1-6-23-7-8-24-9-10-25-11-12-26-13-14-27-15-16-28-17-18-29-22(31-21(4)5)19-30-20(2)3/h20-22H,1,6-19H2,2-5H3. The van der Waals surface area contributed by atoms with E-state index in [0.29, 0.717) is 92.5 Å². The molecule has 31 heavy (non-hydrogen) atoms. The summed E-state index contributed by atoms with van der Waals surface area (Å²) in [5.41, 5.74) is 0. The third-order valence-electron chi connectivity index (χ3n) is 3.53. The number of rotatable bonds is 25. The van der Waals surface area contributed by atoms with Crippen molar-refractivity contribution in [2.45, 2.75) is 46.2 Å². The molecular weight excluding hydrogens is 408 g/mol. The third-order valence-corrected chi connectivity index (χ3v) is 3.53. The first-order chi connectivity index (χ1) is 15.1. The summed E-state index contributed by atoms with van der Waals surface area (Å²) < 4.78 is 49.1. The van der Waals surface area contributed by atoms with Gasteiger partial charge < -0.3 is 42.6 Å². The van der Waals surface area contributed by atoms with Gasteiger partial charge in [-0.3, -0.25) is 0 Å². The monoisotopic (exact) mass is 453 g/mol. The van der Waals surface area contributed by atoms with Crippen LogP contribution < -0.4 is 0 Å². The predicted octanol–water partition coefficient (Wildman–Crippen LogP) is 2.11. The molecule has 1 unspecified atom stereocenters. The molecule has 0 aromatic heterocycles. The lowest BCUT2D eigenvalue weighted by Gasteiger charge is -2.22. The van der Waals surface area contributed by atoms with Crippen LogP contribution in [0.5, 0.6) is 0 Å². The van der Waals surface area contributed by atoms with Gasteiger partial charge in [0.05, 0.1) is 98.1 Å². The van der Waals surface area contributed by atoms with Crippen LogP contribution in [0.4, 0.5) is 0 Å². The lowest BCUT2D eigenvalue weighted by Crippen LogP contribution is -2.29. The Labute approximate surface area is 188 Å². The molecule has 0 aliphatic carbocycles. The van der Waals surface area contributed by atoms with E-state index in [0.717, 1.165) is 0 Å². The fourth-order valence-electron chi connectivity index (χ4n) is 2.14. The van der Waals surface area contributed by atoms with Crippen LogP contribution in [-0.2, 0) is 42.6 Å². The Kier molecular flexibility index (Phi) is 24.0. The summed E-state index contributed by atoms with van der Waals surface area (Å²) in [5.74, 6) is 0. The summed E-state index contributed by atoms with van der Waals surface area (Å²) >= 11 is 0. The minimum absolute atomic E-state index is 0.0758. The molecular formula is C22H45O9. The van der Waals surface area contributed by atoms with E-state index in [-0.39, 0.29) is 18.5 Å². The van der Waals surface area contributed by atoms with E-state index in [1.54, 1.807) is 0 Å². The summed E-state index contributed by atoms with van der Waals surface area (Å²) in [4.78, 5) is 0. The van der Waals surface area contributed by atoms with E-state index in [9.17, 15) is 0 Å². The maximum Gasteiger partial charge on any atom is 0.181 e. The number of ether oxygens (including phenoxy) is 9. The van der Waals surface area contributed by atoms with Gasteiger partial charge in [-0.25, -0.2) is 0 Å². The van der Waals surface area contributed by atoms with E-state index in [4.69, 9.17) is 42.6 Å². The molecule has 0 aliphatic heterocycles. The minimum atomic E-state index is -0.380. The van der Waals surface area contributed by atoms with Crippen LogP contribution in [-0.4, -0.2) is 111 Å². The van der Waals surface area contributed by atoms with Crippen molar-refractivity contribution in [1.82, 2.24) is 0 Å². The Morgan fingerprint density at radius 2 is 0.871 bits per heavy atom. The molecule has 0 aromatic carbocycles. The summed E-state index contributed by atoms with van der Waals surface area (Å²) in [7, 11) is 0. The molecule has 0 rings (SSSR count). The van der Waals surface area contributed by atoms with Crippen molar-refractivity contribution in [2.24, 2.45) is 0 Å². The second-order valence-corrected chi connectivity index (χ2v) is 7.04. The first kappa shape index (κ1) is 30.6. The molecule has 0 saturated heterocycles. The van der Waals surface area contributed by atoms with E-state index < -0.39 is 0 Å². The van der Waals surface area contributed by atoms with Crippen molar-refractivity contribution in [1.29, 1.82) is 0 Å². The van der Waals surface area contributed by atoms with E-state index in [2.05, 4.69) is 6.92 Å². The van der Waals surface area contributed by atoms with Gasteiger partial charge in [-0.15, -0.1) is 0 Å².